The summed E-state index contributed by atoms with van der Waals surface area (Å²) >= 11 is 0. The van der Waals surface area contributed by atoms with E-state index < -0.39 is 12.1 Å². The Labute approximate surface area is 116 Å². The molecule has 1 heterocycles. The van der Waals surface area contributed by atoms with E-state index >= 15 is 0 Å². The van der Waals surface area contributed by atoms with Gasteiger partial charge in [0.25, 0.3) is 0 Å². The third-order valence-electron chi connectivity index (χ3n) is 2.98. The fourth-order valence-corrected chi connectivity index (χ4v) is 1.93. The van der Waals surface area contributed by atoms with Gasteiger partial charge in [-0.05, 0) is 12.1 Å². The molecule has 2 N–H and O–H groups in total. The number of anilines is 1. The summed E-state index contributed by atoms with van der Waals surface area (Å²) in [6.07, 6.45) is -0.979. The first-order chi connectivity index (χ1) is 9.61. The Kier molecular flexibility index (Phi) is 4.41. The van der Waals surface area contributed by atoms with Crippen LogP contribution in [-0.2, 0) is 9.53 Å². The van der Waals surface area contributed by atoms with Crippen molar-refractivity contribution >= 4 is 17.7 Å². The van der Waals surface area contributed by atoms with Crippen molar-refractivity contribution < 1.29 is 24.2 Å². The van der Waals surface area contributed by atoms with Crippen LogP contribution in [0.4, 0.5) is 10.5 Å². The number of nitrogens with one attached hydrogen (secondary N) is 1. The molecule has 2 rings (SSSR count). The van der Waals surface area contributed by atoms with Crippen LogP contribution in [0.25, 0.3) is 0 Å². The van der Waals surface area contributed by atoms with E-state index in [1.54, 1.807) is 24.3 Å². The number of carboxylic acid groups (broad SMARTS) is 1. The summed E-state index contributed by atoms with van der Waals surface area (Å²) in [5, 5.41) is 11.6. The molecule has 1 aromatic rings. The van der Waals surface area contributed by atoms with Crippen LogP contribution in [0.3, 0.4) is 0 Å². The second-order valence-corrected chi connectivity index (χ2v) is 4.27. The van der Waals surface area contributed by atoms with Gasteiger partial charge in [-0.2, -0.15) is 0 Å². The third-order valence-corrected chi connectivity index (χ3v) is 2.98. The van der Waals surface area contributed by atoms with Crippen molar-refractivity contribution in [2.45, 2.75) is 6.10 Å². The summed E-state index contributed by atoms with van der Waals surface area (Å²) in [5.74, 6) is -0.524. The lowest BCUT2D eigenvalue weighted by atomic mass is 10.2. The van der Waals surface area contributed by atoms with Gasteiger partial charge < -0.3 is 24.8 Å². The first-order valence-corrected chi connectivity index (χ1v) is 6.15. The molecule has 1 aliphatic rings. The maximum absolute atomic E-state index is 12.1. The molecule has 0 saturated carbocycles. The van der Waals surface area contributed by atoms with Crippen LogP contribution in [0, 0.1) is 0 Å². The summed E-state index contributed by atoms with van der Waals surface area (Å²) in [6, 6.07) is 6.64. The Morgan fingerprint density at radius 3 is 2.90 bits per heavy atom. The first kappa shape index (κ1) is 14.1. The number of carbonyl (C=O) groups is 2. The largest absolute Gasteiger partial charge is 0.495 e. The number of carboxylic acids is 1. The minimum atomic E-state index is -1.07. The summed E-state index contributed by atoms with van der Waals surface area (Å²) < 4.78 is 10.2. The summed E-state index contributed by atoms with van der Waals surface area (Å²) in [5.41, 5.74) is 0.540. The van der Waals surface area contributed by atoms with E-state index in [2.05, 4.69) is 5.32 Å². The van der Waals surface area contributed by atoms with Crippen LogP contribution in [-0.4, -0.2) is 54.9 Å². The van der Waals surface area contributed by atoms with Crippen LogP contribution in [0.2, 0.25) is 0 Å². The van der Waals surface area contributed by atoms with Gasteiger partial charge in [0, 0.05) is 6.54 Å². The maximum atomic E-state index is 12.1. The summed E-state index contributed by atoms with van der Waals surface area (Å²) in [6.45, 7) is 0.581. The second-order valence-electron chi connectivity index (χ2n) is 4.27. The highest BCUT2D eigenvalue weighted by Gasteiger charge is 2.29. The Morgan fingerprint density at radius 1 is 1.45 bits per heavy atom. The topological polar surface area (TPSA) is 88.1 Å². The van der Waals surface area contributed by atoms with Gasteiger partial charge in [-0.25, -0.2) is 9.59 Å². The third kappa shape index (κ3) is 3.18. The van der Waals surface area contributed by atoms with E-state index in [-0.39, 0.29) is 19.2 Å². The number of hydrogen-bond acceptors (Lipinski definition) is 4. The van der Waals surface area contributed by atoms with E-state index in [9.17, 15) is 9.59 Å². The maximum Gasteiger partial charge on any atom is 0.334 e. The lowest BCUT2D eigenvalue weighted by molar-refractivity contribution is -0.154. The van der Waals surface area contributed by atoms with Crippen LogP contribution in [0.15, 0.2) is 24.3 Å². The monoisotopic (exact) mass is 280 g/mol. The van der Waals surface area contributed by atoms with E-state index in [1.807, 2.05) is 0 Å². The Morgan fingerprint density at radius 2 is 2.20 bits per heavy atom. The molecule has 1 saturated heterocycles. The van der Waals surface area contributed by atoms with Crippen LogP contribution >= 0.6 is 0 Å². The van der Waals surface area contributed by atoms with Gasteiger partial charge in [-0.15, -0.1) is 0 Å². The number of urea groups is 1. The molecule has 0 bridgehead atoms. The zero-order valence-electron chi connectivity index (χ0n) is 11.0. The Hall–Kier alpha value is -2.28. The van der Waals surface area contributed by atoms with Crippen molar-refractivity contribution in [1.29, 1.82) is 0 Å². The van der Waals surface area contributed by atoms with E-state index in [4.69, 9.17) is 14.6 Å². The molecule has 1 fully saturated rings. The number of amides is 2. The number of aliphatic carboxylic acids is 1. The molecule has 1 aromatic carbocycles. The number of benzene rings is 1. The molecule has 108 valence electrons. The van der Waals surface area contributed by atoms with Crippen molar-refractivity contribution in [2.24, 2.45) is 0 Å². The van der Waals surface area contributed by atoms with Gasteiger partial charge in [-0.1, -0.05) is 12.1 Å². The number of para-hydroxylation sites is 2. The molecule has 0 radical (unpaired) electrons. The van der Waals surface area contributed by atoms with Gasteiger partial charge in [0.1, 0.15) is 5.75 Å². The van der Waals surface area contributed by atoms with Crippen molar-refractivity contribution in [2.75, 3.05) is 32.1 Å². The average Bonchev–Trinajstić information content (AvgIpc) is 2.48. The molecule has 7 heteroatoms. The number of nitrogens with zero attached hydrogens (tertiary/aromatic N) is 1. The molecular formula is C13H16N2O5. The van der Waals surface area contributed by atoms with Crippen molar-refractivity contribution in [3.05, 3.63) is 24.3 Å². The molecule has 1 atom stereocenters. The Balaban J connectivity index is 2.02. The van der Waals surface area contributed by atoms with Gasteiger partial charge in [0.2, 0.25) is 0 Å². The molecule has 1 unspecified atom stereocenters. The molecule has 20 heavy (non-hydrogen) atoms. The predicted octanol–water partition coefficient (Wildman–Crippen LogP) is 1.01. The number of carbonyl (C=O) groups excluding carboxylic acids is 1. The molecule has 7 nitrogen and oxygen atoms in total. The van der Waals surface area contributed by atoms with Crippen molar-refractivity contribution in [3.63, 3.8) is 0 Å². The molecule has 0 aliphatic carbocycles. The minimum absolute atomic E-state index is 0.0241. The van der Waals surface area contributed by atoms with E-state index in [1.165, 1.54) is 12.0 Å². The number of methoxy groups -OCH3 is 1. The number of morpholine rings is 1. The fourth-order valence-electron chi connectivity index (χ4n) is 1.93. The SMILES string of the molecule is COc1ccccc1NC(=O)N1CCOC(C(=O)O)C1. The number of rotatable bonds is 3. The normalized spacial score (nSPS) is 18.4. The van der Waals surface area contributed by atoms with E-state index in [0.717, 1.165) is 0 Å². The van der Waals surface area contributed by atoms with Gasteiger partial charge >= 0.3 is 12.0 Å². The van der Waals surface area contributed by atoms with Crippen LogP contribution < -0.4 is 10.1 Å². The zero-order valence-corrected chi connectivity index (χ0v) is 11.0. The van der Waals surface area contributed by atoms with Crippen LogP contribution in [0.5, 0.6) is 5.75 Å². The van der Waals surface area contributed by atoms with Crippen LogP contribution in [0.1, 0.15) is 0 Å². The summed E-state index contributed by atoms with van der Waals surface area (Å²) in [4.78, 5) is 24.4. The lowest BCUT2D eigenvalue weighted by Crippen LogP contribution is -2.49. The second kappa shape index (κ2) is 6.25. The molecular weight excluding hydrogens is 264 g/mol. The summed E-state index contributed by atoms with van der Waals surface area (Å²) in [7, 11) is 1.51. The molecule has 0 aromatic heterocycles. The van der Waals surface area contributed by atoms with Gasteiger partial charge in [0.15, 0.2) is 6.10 Å². The quantitative estimate of drug-likeness (QED) is 0.862. The van der Waals surface area contributed by atoms with Gasteiger partial charge in [-0.3, -0.25) is 0 Å². The van der Waals surface area contributed by atoms with Crippen molar-refractivity contribution in [3.8, 4) is 5.75 Å². The highest BCUT2D eigenvalue weighted by molar-refractivity contribution is 5.91. The smallest absolute Gasteiger partial charge is 0.334 e. The standard InChI is InChI=1S/C13H16N2O5/c1-19-10-5-3-2-4-9(10)14-13(18)15-6-7-20-11(8-15)12(16)17/h2-5,11H,6-8H2,1H3,(H,14,18)(H,16,17). The first-order valence-electron chi connectivity index (χ1n) is 6.15. The molecule has 2 amide bonds. The minimum Gasteiger partial charge on any atom is -0.495 e. The zero-order chi connectivity index (χ0) is 14.5. The molecule has 0 spiro atoms. The number of hydrogen-bond donors (Lipinski definition) is 2. The van der Waals surface area contributed by atoms with Gasteiger partial charge in [0.05, 0.1) is 25.9 Å². The Bertz CT molecular complexity index is 505. The van der Waals surface area contributed by atoms with Crippen molar-refractivity contribution in [1.82, 2.24) is 4.90 Å². The average molecular weight is 280 g/mol. The highest BCUT2D eigenvalue weighted by atomic mass is 16.5. The highest BCUT2D eigenvalue weighted by Crippen LogP contribution is 2.23. The van der Waals surface area contributed by atoms with E-state index in [0.29, 0.717) is 18.0 Å². The predicted molar refractivity (Wildman–Crippen MR) is 71.0 cm³/mol. The molecule has 1 aliphatic heterocycles. The number of ether oxygens (including phenoxy) is 2. The lowest BCUT2D eigenvalue weighted by Gasteiger charge is -2.31. The fraction of sp³-hybridized carbons (Fsp3) is 0.385.